The molecule has 2 nitrogen and oxygen atoms in total. The van der Waals surface area contributed by atoms with Crippen molar-refractivity contribution in [2.45, 2.75) is 70.8 Å². The van der Waals surface area contributed by atoms with Gasteiger partial charge in [0.15, 0.2) is 0 Å². The Kier molecular flexibility index (Phi) is 8.89. The summed E-state index contributed by atoms with van der Waals surface area (Å²) in [6.07, 6.45) is 11.7. The van der Waals surface area contributed by atoms with Crippen LogP contribution in [0.5, 0.6) is 0 Å². The molecule has 0 radical (unpaired) electrons. The van der Waals surface area contributed by atoms with Gasteiger partial charge in [-0.1, -0.05) is 55.8 Å². The lowest BCUT2D eigenvalue weighted by molar-refractivity contribution is -0.183. The Balaban J connectivity index is 1.77. The highest BCUT2D eigenvalue weighted by Gasteiger charge is 2.33. The maximum absolute atomic E-state index is 12.9. The molecule has 1 aromatic carbocycles. The van der Waals surface area contributed by atoms with Crippen molar-refractivity contribution in [3.8, 4) is 0 Å². The van der Waals surface area contributed by atoms with Crippen LogP contribution in [0.4, 0.5) is 4.53 Å². The van der Waals surface area contributed by atoms with Crippen LogP contribution < -0.4 is 0 Å². The monoisotopic (exact) mass is 346 g/mol. The molecule has 0 bridgehead atoms. The van der Waals surface area contributed by atoms with Gasteiger partial charge in [-0.25, -0.2) is 0 Å². The molecule has 1 aliphatic rings. The smallest absolute Gasteiger partial charge is 0.136 e. The molecule has 0 aliphatic heterocycles. The van der Waals surface area contributed by atoms with E-state index >= 15 is 0 Å². The molecule has 0 amide bonds. The highest BCUT2D eigenvalue weighted by Crippen LogP contribution is 2.35. The first-order chi connectivity index (χ1) is 12.2. The van der Waals surface area contributed by atoms with Crippen molar-refractivity contribution in [3.63, 3.8) is 0 Å². The summed E-state index contributed by atoms with van der Waals surface area (Å²) in [6.45, 7) is 2.15. The molecule has 3 atom stereocenters. The molecule has 0 N–H and O–H groups in total. The number of aryl methyl sites for hydroxylation is 1. The minimum atomic E-state index is -0.368. The fourth-order valence-electron chi connectivity index (χ4n) is 3.78. The Bertz CT molecular complexity index is 526. The van der Waals surface area contributed by atoms with Gasteiger partial charge < -0.3 is 0 Å². The third kappa shape index (κ3) is 6.74. The van der Waals surface area contributed by atoms with Crippen LogP contribution in [0.3, 0.4) is 0 Å². The van der Waals surface area contributed by atoms with Crippen molar-refractivity contribution in [1.29, 1.82) is 0 Å². The first-order valence-electron chi connectivity index (χ1n) is 9.73. The van der Waals surface area contributed by atoms with E-state index in [1.807, 2.05) is 18.2 Å². The van der Waals surface area contributed by atoms with Crippen LogP contribution in [0.25, 0.3) is 0 Å². The van der Waals surface area contributed by atoms with Gasteiger partial charge in [-0.2, -0.15) is 4.94 Å². The van der Waals surface area contributed by atoms with Gasteiger partial charge in [0.1, 0.15) is 5.78 Å². The highest BCUT2D eigenvalue weighted by atomic mass is 19.3. The van der Waals surface area contributed by atoms with Gasteiger partial charge >= 0.3 is 0 Å². The molecule has 0 aromatic heterocycles. The normalized spacial score (nSPS) is 21.9. The number of halogens is 1. The first-order valence-corrected chi connectivity index (χ1v) is 9.73. The van der Waals surface area contributed by atoms with Crippen molar-refractivity contribution in [1.82, 2.24) is 0 Å². The standard InChI is InChI=1S/C22H31FO2/c1-2-3-4-8-11-21-19(14-17-22(21)24)13-16-20(25-23)15-12-18-9-6-5-7-10-18/h4-10,19-21H,2-3,11-17H2,1H3/b8-4-/t19-,20-,21+/m0/s1. The molecule has 1 aliphatic carbocycles. The average molecular weight is 346 g/mol. The number of unbranched alkanes of at least 4 members (excludes halogenated alkanes) is 1. The number of carbonyl (C=O) groups is 1. The average Bonchev–Trinajstić information content (AvgIpc) is 3.00. The fraction of sp³-hybridized carbons (Fsp3) is 0.591. The Morgan fingerprint density at radius 2 is 2.04 bits per heavy atom. The van der Waals surface area contributed by atoms with Gasteiger partial charge in [0.05, 0.1) is 6.10 Å². The summed E-state index contributed by atoms with van der Waals surface area (Å²) >= 11 is 0. The summed E-state index contributed by atoms with van der Waals surface area (Å²) < 4.78 is 12.9. The summed E-state index contributed by atoms with van der Waals surface area (Å²) in [5.74, 6) is 0.892. The molecule has 2 rings (SSSR count). The molecule has 0 saturated heterocycles. The second kappa shape index (κ2) is 11.2. The summed E-state index contributed by atoms with van der Waals surface area (Å²) in [6, 6.07) is 10.1. The number of hydrogen-bond donors (Lipinski definition) is 0. The van der Waals surface area contributed by atoms with Gasteiger partial charge in [0.2, 0.25) is 0 Å². The Labute approximate surface area is 151 Å². The lowest BCUT2D eigenvalue weighted by atomic mass is 9.87. The van der Waals surface area contributed by atoms with Crippen LogP contribution in [-0.2, 0) is 16.2 Å². The van der Waals surface area contributed by atoms with E-state index < -0.39 is 0 Å². The van der Waals surface area contributed by atoms with E-state index in [1.54, 1.807) is 0 Å². The number of Topliss-reactive ketones (excluding diaryl/α,β-unsaturated/α-hetero) is 1. The third-order valence-electron chi connectivity index (χ3n) is 5.34. The van der Waals surface area contributed by atoms with E-state index in [0.29, 0.717) is 31.0 Å². The molecular weight excluding hydrogens is 315 g/mol. The van der Waals surface area contributed by atoms with E-state index in [0.717, 1.165) is 38.5 Å². The highest BCUT2D eigenvalue weighted by molar-refractivity contribution is 5.83. The summed E-state index contributed by atoms with van der Waals surface area (Å²) in [4.78, 5) is 16.3. The summed E-state index contributed by atoms with van der Waals surface area (Å²) in [5.41, 5.74) is 1.21. The number of ketones is 1. The Morgan fingerprint density at radius 3 is 2.76 bits per heavy atom. The second-order valence-corrected chi connectivity index (χ2v) is 7.18. The lowest BCUT2D eigenvalue weighted by Gasteiger charge is -2.19. The quantitative estimate of drug-likeness (QED) is 0.459. The molecule has 3 heteroatoms. The van der Waals surface area contributed by atoms with Crippen molar-refractivity contribution >= 4 is 5.78 Å². The minimum absolute atomic E-state index is 0.127. The number of rotatable bonds is 11. The van der Waals surface area contributed by atoms with E-state index in [2.05, 4.69) is 36.1 Å². The lowest BCUT2D eigenvalue weighted by Crippen LogP contribution is -2.17. The molecular formula is C22H31FO2. The maximum Gasteiger partial charge on any atom is 0.136 e. The predicted molar refractivity (Wildman–Crippen MR) is 99.9 cm³/mol. The topological polar surface area (TPSA) is 26.3 Å². The molecule has 138 valence electrons. The largest absolute Gasteiger partial charge is 0.299 e. The Hall–Kier alpha value is -1.48. The Morgan fingerprint density at radius 1 is 1.24 bits per heavy atom. The third-order valence-corrected chi connectivity index (χ3v) is 5.34. The zero-order valence-corrected chi connectivity index (χ0v) is 15.3. The molecule has 0 unspecified atom stereocenters. The molecule has 1 aromatic rings. The first kappa shape index (κ1) is 19.8. The number of benzene rings is 1. The van der Waals surface area contributed by atoms with Crippen LogP contribution in [-0.4, -0.2) is 11.9 Å². The fourth-order valence-corrected chi connectivity index (χ4v) is 3.78. The van der Waals surface area contributed by atoms with Gasteiger partial charge in [0.25, 0.3) is 0 Å². The van der Waals surface area contributed by atoms with Crippen LogP contribution in [0, 0.1) is 11.8 Å². The molecule has 0 heterocycles. The van der Waals surface area contributed by atoms with Crippen LogP contribution in [0.2, 0.25) is 0 Å². The van der Waals surface area contributed by atoms with Gasteiger partial charge in [0, 0.05) is 12.3 Å². The number of allylic oxidation sites excluding steroid dienone is 2. The van der Waals surface area contributed by atoms with Crippen molar-refractivity contribution in [2.75, 3.05) is 0 Å². The van der Waals surface area contributed by atoms with Gasteiger partial charge in [-0.3, -0.25) is 4.79 Å². The molecule has 0 spiro atoms. The van der Waals surface area contributed by atoms with Crippen LogP contribution in [0.15, 0.2) is 42.5 Å². The van der Waals surface area contributed by atoms with Crippen LogP contribution >= 0.6 is 0 Å². The maximum atomic E-state index is 12.9. The van der Waals surface area contributed by atoms with E-state index in [-0.39, 0.29) is 12.0 Å². The zero-order chi connectivity index (χ0) is 17.9. The summed E-state index contributed by atoms with van der Waals surface area (Å²) in [7, 11) is 0. The zero-order valence-electron chi connectivity index (χ0n) is 15.3. The van der Waals surface area contributed by atoms with E-state index in [4.69, 9.17) is 0 Å². The van der Waals surface area contributed by atoms with E-state index in [9.17, 15) is 9.32 Å². The van der Waals surface area contributed by atoms with Crippen molar-refractivity contribution < 1.29 is 14.3 Å². The van der Waals surface area contributed by atoms with E-state index in [1.165, 1.54) is 5.56 Å². The number of carbonyl (C=O) groups excluding carboxylic acids is 1. The van der Waals surface area contributed by atoms with Crippen molar-refractivity contribution in [2.24, 2.45) is 11.8 Å². The van der Waals surface area contributed by atoms with Gasteiger partial charge in [-0.05, 0) is 61.0 Å². The predicted octanol–water partition coefficient (Wildman–Crippen LogP) is 6.01. The molecule has 1 fully saturated rings. The number of hydrogen-bond acceptors (Lipinski definition) is 2. The summed E-state index contributed by atoms with van der Waals surface area (Å²) in [5, 5.41) is 0. The SMILES string of the molecule is CCC/C=C\C[C@H]1C(=O)CC[C@@H]1CC[C@H](CCc1ccccc1)OF. The van der Waals surface area contributed by atoms with Crippen LogP contribution in [0.1, 0.15) is 63.9 Å². The second-order valence-electron chi connectivity index (χ2n) is 7.18. The molecule has 25 heavy (non-hydrogen) atoms. The minimum Gasteiger partial charge on any atom is -0.299 e. The van der Waals surface area contributed by atoms with Crippen molar-refractivity contribution in [3.05, 3.63) is 48.0 Å². The molecule has 1 saturated carbocycles. The van der Waals surface area contributed by atoms with Gasteiger partial charge in [-0.15, -0.1) is 0 Å².